The average molecular weight is 238 g/mol. The molecule has 90 valence electrons. The van der Waals surface area contributed by atoms with Crippen LogP contribution in [0.4, 0.5) is 11.6 Å². The standard InChI is InChI=1S/C14H14N4/c1-14(2)11-8-15-13(18-12(11)9-16-14)17-10-6-4-3-5-7-10/h3-9H,1-2H3,(H,15,17,18). The third-order valence-corrected chi connectivity index (χ3v) is 3.02. The molecule has 0 radical (unpaired) electrons. The summed E-state index contributed by atoms with van der Waals surface area (Å²) in [6, 6.07) is 9.88. The van der Waals surface area contributed by atoms with Crippen LogP contribution in [0, 0.1) is 0 Å². The zero-order valence-corrected chi connectivity index (χ0v) is 10.4. The number of fused-ring (bicyclic) bond motifs is 1. The molecule has 0 amide bonds. The van der Waals surface area contributed by atoms with Gasteiger partial charge in [-0.3, -0.25) is 4.99 Å². The number of nitrogens with zero attached hydrogens (tertiary/aromatic N) is 3. The summed E-state index contributed by atoms with van der Waals surface area (Å²) >= 11 is 0. The van der Waals surface area contributed by atoms with Crippen molar-refractivity contribution >= 4 is 17.9 Å². The number of hydrogen-bond donors (Lipinski definition) is 1. The molecule has 1 N–H and O–H groups in total. The normalized spacial score (nSPS) is 15.4. The van der Waals surface area contributed by atoms with E-state index in [1.165, 1.54) is 0 Å². The number of aliphatic imine (C=N–C) groups is 1. The lowest BCUT2D eigenvalue weighted by atomic mass is 9.98. The van der Waals surface area contributed by atoms with Gasteiger partial charge in [-0.25, -0.2) is 9.97 Å². The molecular formula is C14H14N4. The lowest BCUT2D eigenvalue weighted by Crippen LogP contribution is -2.12. The summed E-state index contributed by atoms with van der Waals surface area (Å²) in [6.07, 6.45) is 3.66. The Hall–Kier alpha value is -2.23. The monoisotopic (exact) mass is 238 g/mol. The van der Waals surface area contributed by atoms with Gasteiger partial charge in [-0.2, -0.15) is 0 Å². The van der Waals surface area contributed by atoms with E-state index in [-0.39, 0.29) is 5.54 Å². The van der Waals surface area contributed by atoms with Crippen LogP contribution in [0.5, 0.6) is 0 Å². The van der Waals surface area contributed by atoms with Crippen LogP contribution in [0.1, 0.15) is 25.1 Å². The van der Waals surface area contributed by atoms with Crippen LogP contribution in [-0.4, -0.2) is 16.2 Å². The molecule has 2 aromatic rings. The van der Waals surface area contributed by atoms with Crippen LogP contribution in [-0.2, 0) is 5.54 Å². The summed E-state index contributed by atoms with van der Waals surface area (Å²) in [5, 5.41) is 3.18. The molecule has 0 unspecified atom stereocenters. The van der Waals surface area contributed by atoms with E-state index in [0.717, 1.165) is 16.9 Å². The number of anilines is 2. The molecule has 0 saturated carbocycles. The summed E-state index contributed by atoms with van der Waals surface area (Å²) < 4.78 is 0. The van der Waals surface area contributed by atoms with Crippen molar-refractivity contribution in [3.05, 3.63) is 47.8 Å². The predicted octanol–water partition coefficient (Wildman–Crippen LogP) is 2.89. The first-order chi connectivity index (χ1) is 8.65. The second-order valence-corrected chi connectivity index (χ2v) is 4.80. The van der Waals surface area contributed by atoms with Crippen LogP contribution in [0.25, 0.3) is 0 Å². The molecule has 0 spiro atoms. The lowest BCUT2D eigenvalue weighted by molar-refractivity contribution is 0.569. The van der Waals surface area contributed by atoms with Gasteiger partial charge in [0.1, 0.15) is 0 Å². The van der Waals surface area contributed by atoms with Gasteiger partial charge >= 0.3 is 0 Å². The molecule has 1 aliphatic heterocycles. The van der Waals surface area contributed by atoms with Crippen molar-refractivity contribution in [3.63, 3.8) is 0 Å². The van der Waals surface area contributed by atoms with Crippen molar-refractivity contribution in [2.24, 2.45) is 4.99 Å². The molecule has 4 nitrogen and oxygen atoms in total. The van der Waals surface area contributed by atoms with Gasteiger partial charge in [0, 0.05) is 23.7 Å². The minimum atomic E-state index is -0.208. The minimum Gasteiger partial charge on any atom is -0.324 e. The molecule has 1 aromatic carbocycles. The fourth-order valence-corrected chi connectivity index (χ4v) is 1.97. The SMILES string of the molecule is CC1(C)N=Cc2nc(Nc3ccccc3)ncc21. The van der Waals surface area contributed by atoms with Crippen molar-refractivity contribution in [3.8, 4) is 0 Å². The number of hydrogen-bond acceptors (Lipinski definition) is 4. The fourth-order valence-electron chi connectivity index (χ4n) is 1.97. The zero-order valence-electron chi connectivity index (χ0n) is 10.4. The predicted molar refractivity (Wildman–Crippen MR) is 72.4 cm³/mol. The third-order valence-electron chi connectivity index (χ3n) is 3.02. The Labute approximate surface area is 106 Å². The molecule has 0 fully saturated rings. The highest BCUT2D eigenvalue weighted by molar-refractivity contribution is 5.84. The highest BCUT2D eigenvalue weighted by Gasteiger charge is 2.28. The highest BCUT2D eigenvalue weighted by Crippen LogP contribution is 2.31. The molecule has 4 heteroatoms. The lowest BCUT2D eigenvalue weighted by Gasteiger charge is -2.15. The molecule has 0 bridgehead atoms. The van der Waals surface area contributed by atoms with Crippen molar-refractivity contribution < 1.29 is 0 Å². The molecule has 0 atom stereocenters. The summed E-state index contributed by atoms with van der Waals surface area (Å²) in [7, 11) is 0. The van der Waals surface area contributed by atoms with Gasteiger partial charge in [0.25, 0.3) is 0 Å². The van der Waals surface area contributed by atoms with Gasteiger partial charge in [0.2, 0.25) is 5.95 Å². The maximum absolute atomic E-state index is 4.47. The van der Waals surface area contributed by atoms with E-state index < -0.39 is 0 Å². The van der Waals surface area contributed by atoms with E-state index in [2.05, 4.69) is 34.1 Å². The largest absolute Gasteiger partial charge is 0.324 e. The number of benzene rings is 1. The van der Waals surface area contributed by atoms with E-state index in [1.54, 1.807) is 0 Å². The Kier molecular flexibility index (Phi) is 2.37. The van der Waals surface area contributed by atoms with Gasteiger partial charge in [-0.1, -0.05) is 18.2 Å². The van der Waals surface area contributed by atoms with Gasteiger partial charge in [-0.05, 0) is 26.0 Å². The second kappa shape index (κ2) is 3.91. The van der Waals surface area contributed by atoms with Gasteiger partial charge in [0.15, 0.2) is 0 Å². The first kappa shape index (κ1) is 10.9. The highest BCUT2D eigenvalue weighted by atomic mass is 15.1. The van der Waals surface area contributed by atoms with Crippen LogP contribution in [0.2, 0.25) is 0 Å². The molecule has 1 aliphatic rings. The Morgan fingerprint density at radius 2 is 1.89 bits per heavy atom. The van der Waals surface area contributed by atoms with E-state index in [0.29, 0.717) is 5.95 Å². The smallest absolute Gasteiger partial charge is 0.227 e. The van der Waals surface area contributed by atoms with E-state index in [9.17, 15) is 0 Å². The van der Waals surface area contributed by atoms with Crippen molar-refractivity contribution in [2.75, 3.05) is 5.32 Å². The maximum atomic E-state index is 4.47. The van der Waals surface area contributed by atoms with Crippen LogP contribution >= 0.6 is 0 Å². The van der Waals surface area contributed by atoms with Crippen molar-refractivity contribution in [1.29, 1.82) is 0 Å². The van der Waals surface area contributed by atoms with E-state index in [1.807, 2.05) is 42.7 Å². The first-order valence-corrected chi connectivity index (χ1v) is 5.90. The van der Waals surface area contributed by atoms with Crippen molar-refractivity contribution in [2.45, 2.75) is 19.4 Å². The van der Waals surface area contributed by atoms with Gasteiger partial charge in [-0.15, -0.1) is 0 Å². The summed E-state index contributed by atoms with van der Waals surface area (Å²) in [5.41, 5.74) is 2.74. The summed E-state index contributed by atoms with van der Waals surface area (Å²) in [4.78, 5) is 13.2. The molecule has 0 aliphatic carbocycles. The second-order valence-electron chi connectivity index (χ2n) is 4.80. The Bertz CT molecular complexity index is 602. The van der Waals surface area contributed by atoms with Crippen molar-refractivity contribution in [1.82, 2.24) is 9.97 Å². The average Bonchev–Trinajstić information content (AvgIpc) is 2.66. The third kappa shape index (κ3) is 1.86. The fraction of sp³-hybridized carbons (Fsp3) is 0.214. The first-order valence-electron chi connectivity index (χ1n) is 5.90. The quantitative estimate of drug-likeness (QED) is 0.875. The van der Waals surface area contributed by atoms with E-state index >= 15 is 0 Å². The summed E-state index contributed by atoms with van der Waals surface area (Å²) in [5.74, 6) is 0.601. The molecule has 1 aromatic heterocycles. The van der Waals surface area contributed by atoms with Crippen LogP contribution < -0.4 is 5.32 Å². The van der Waals surface area contributed by atoms with Crippen LogP contribution in [0.3, 0.4) is 0 Å². The zero-order chi connectivity index (χ0) is 12.6. The molecular weight excluding hydrogens is 224 g/mol. The summed E-state index contributed by atoms with van der Waals surface area (Å²) in [6.45, 7) is 4.12. The number of para-hydroxylation sites is 1. The molecule has 18 heavy (non-hydrogen) atoms. The Morgan fingerprint density at radius 1 is 1.11 bits per heavy atom. The molecule has 2 heterocycles. The number of aromatic nitrogens is 2. The van der Waals surface area contributed by atoms with Gasteiger partial charge in [0.05, 0.1) is 11.2 Å². The topological polar surface area (TPSA) is 50.2 Å². The number of rotatable bonds is 2. The van der Waals surface area contributed by atoms with E-state index in [4.69, 9.17) is 0 Å². The Balaban J connectivity index is 1.91. The minimum absolute atomic E-state index is 0.208. The number of nitrogens with one attached hydrogen (secondary N) is 1. The van der Waals surface area contributed by atoms with Gasteiger partial charge < -0.3 is 5.32 Å². The molecule has 3 rings (SSSR count). The Morgan fingerprint density at radius 3 is 2.67 bits per heavy atom. The maximum Gasteiger partial charge on any atom is 0.227 e. The molecule has 0 saturated heterocycles. The van der Waals surface area contributed by atoms with Crippen LogP contribution in [0.15, 0.2) is 41.5 Å².